The van der Waals surface area contributed by atoms with Crippen molar-refractivity contribution >= 4 is 33.6 Å². The fourth-order valence-corrected chi connectivity index (χ4v) is 6.09. The molecule has 39 heavy (non-hydrogen) atoms. The maximum atomic E-state index is 15.6. The van der Waals surface area contributed by atoms with Gasteiger partial charge >= 0.3 is 5.97 Å². The van der Waals surface area contributed by atoms with Gasteiger partial charge in [0.2, 0.25) is 0 Å². The average Bonchev–Trinajstić information content (AvgIpc) is 3.38. The van der Waals surface area contributed by atoms with Crippen molar-refractivity contribution in [3.8, 4) is 22.5 Å². The van der Waals surface area contributed by atoms with Crippen LogP contribution in [0.15, 0.2) is 65.5 Å². The van der Waals surface area contributed by atoms with E-state index in [0.29, 0.717) is 39.5 Å². The van der Waals surface area contributed by atoms with Crippen LogP contribution in [0.2, 0.25) is 0 Å². The minimum atomic E-state index is -1.02. The average molecular weight is 524 g/mol. The third kappa shape index (κ3) is 4.06. The van der Waals surface area contributed by atoms with Crippen molar-refractivity contribution in [2.75, 3.05) is 25.0 Å². The van der Waals surface area contributed by atoms with Crippen LogP contribution in [0.4, 0.5) is 10.1 Å². The minimum absolute atomic E-state index is 0.113. The van der Waals surface area contributed by atoms with E-state index in [9.17, 15) is 14.7 Å². The number of pyridine rings is 1. The molecule has 0 amide bonds. The van der Waals surface area contributed by atoms with E-state index < -0.39 is 17.3 Å². The first kappa shape index (κ1) is 23.6. The summed E-state index contributed by atoms with van der Waals surface area (Å²) in [6.07, 6.45) is 2.16. The number of nitrogens with one attached hydrogen (secondary N) is 3. The molecule has 4 N–H and O–H groups in total. The summed E-state index contributed by atoms with van der Waals surface area (Å²) >= 11 is 0. The second-order valence-electron chi connectivity index (χ2n) is 10.5. The molecule has 3 saturated heterocycles. The van der Waals surface area contributed by atoms with Gasteiger partial charge in [0, 0.05) is 18.0 Å². The summed E-state index contributed by atoms with van der Waals surface area (Å²) in [5, 5.41) is 13.5. The summed E-state index contributed by atoms with van der Waals surface area (Å²) in [6, 6.07) is 17.2. The third-order valence-corrected chi connectivity index (χ3v) is 8.15. The largest absolute Gasteiger partial charge is 0.478 e. The number of imidazole rings is 1. The minimum Gasteiger partial charge on any atom is -0.478 e. The zero-order valence-corrected chi connectivity index (χ0v) is 21.0. The number of hydrogen-bond acceptors (Lipinski definition) is 5. The number of rotatable bonds is 5. The Hall–Kier alpha value is -4.50. The molecule has 196 valence electrons. The molecule has 5 heterocycles. The molecule has 0 saturated carbocycles. The second kappa shape index (κ2) is 9.06. The SMILES string of the molecule is O=C(O)c1ccc(-c2cc(F)c3[nH]c(=O)c(-c4nc5ccccc5[nH]4)c(N[C@H]4CN5CCC4CC5)c3c2)cc1. The van der Waals surface area contributed by atoms with Crippen LogP contribution < -0.4 is 10.9 Å². The standard InChI is InChI=1S/C30H26FN5O3/c31-21-14-19(16-5-7-18(8-6-16)30(38)39)13-20-26(21)35-29(37)25(28-33-22-3-1-2-4-23(22)34-28)27(20)32-24-15-36-11-9-17(24)10-12-36/h1-8,13-14,17,24H,9-12,15H2,(H,33,34)(H,38,39)(H2,32,35,37)/t24-/m0/s1. The predicted octanol–water partition coefficient (Wildman–Crippen LogP) is 5.08. The van der Waals surface area contributed by atoms with Crippen LogP contribution in [0.25, 0.3) is 44.5 Å². The molecule has 3 aliphatic rings. The Bertz CT molecular complexity index is 1770. The van der Waals surface area contributed by atoms with Gasteiger partial charge in [0.1, 0.15) is 17.2 Å². The molecular weight excluding hydrogens is 497 g/mol. The number of halogens is 1. The maximum Gasteiger partial charge on any atom is 0.335 e. The number of para-hydroxylation sites is 2. The number of piperidine rings is 3. The number of aromatic nitrogens is 3. The number of hydrogen-bond donors (Lipinski definition) is 4. The fraction of sp³-hybridized carbons (Fsp3) is 0.233. The Morgan fingerprint density at radius 3 is 2.49 bits per heavy atom. The number of aromatic amines is 2. The summed E-state index contributed by atoms with van der Waals surface area (Å²) in [5.74, 6) is -0.706. The topological polar surface area (TPSA) is 114 Å². The Kier molecular flexibility index (Phi) is 5.48. The number of aromatic carboxylic acids is 1. The summed E-state index contributed by atoms with van der Waals surface area (Å²) < 4.78 is 15.6. The van der Waals surface area contributed by atoms with Gasteiger partial charge in [0.05, 0.1) is 27.8 Å². The number of anilines is 1. The highest BCUT2D eigenvalue weighted by Crippen LogP contribution is 2.38. The lowest BCUT2D eigenvalue weighted by atomic mass is 9.83. The Labute approximate surface area is 222 Å². The Morgan fingerprint density at radius 2 is 1.79 bits per heavy atom. The predicted molar refractivity (Wildman–Crippen MR) is 149 cm³/mol. The molecule has 8 rings (SSSR count). The van der Waals surface area contributed by atoms with Crippen molar-refractivity contribution in [3.05, 3.63) is 82.4 Å². The van der Waals surface area contributed by atoms with E-state index in [1.807, 2.05) is 30.3 Å². The quantitative estimate of drug-likeness (QED) is 0.255. The van der Waals surface area contributed by atoms with E-state index in [-0.39, 0.29) is 17.1 Å². The van der Waals surface area contributed by atoms with Crippen molar-refractivity contribution < 1.29 is 14.3 Å². The molecule has 2 aromatic heterocycles. The number of fused-ring (bicyclic) bond motifs is 5. The van der Waals surface area contributed by atoms with Gasteiger partial charge in [-0.15, -0.1) is 0 Å². The monoisotopic (exact) mass is 523 g/mol. The number of carboxylic acid groups (broad SMARTS) is 1. The van der Waals surface area contributed by atoms with Crippen LogP contribution in [-0.2, 0) is 0 Å². The first-order valence-electron chi connectivity index (χ1n) is 13.1. The van der Waals surface area contributed by atoms with E-state index in [2.05, 4.69) is 20.2 Å². The molecule has 0 spiro atoms. The molecule has 0 radical (unpaired) electrons. The van der Waals surface area contributed by atoms with Gasteiger partial charge in [0.25, 0.3) is 5.56 Å². The lowest BCUT2D eigenvalue weighted by Gasteiger charge is -2.45. The highest BCUT2D eigenvalue weighted by molar-refractivity contribution is 6.01. The molecule has 0 unspecified atom stereocenters. The zero-order valence-electron chi connectivity index (χ0n) is 21.0. The van der Waals surface area contributed by atoms with Crippen LogP contribution in [0.5, 0.6) is 0 Å². The van der Waals surface area contributed by atoms with Crippen molar-refractivity contribution in [1.82, 2.24) is 19.9 Å². The summed E-state index contributed by atoms with van der Waals surface area (Å²) in [6.45, 7) is 3.00. The number of benzene rings is 3. The zero-order chi connectivity index (χ0) is 26.7. The fourth-order valence-electron chi connectivity index (χ4n) is 6.09. The number of carboxylic acids is 1. The van der Waals surface area contributed by atoms with E-state index in [1.54, 1.807) is 12.1 Å². The van der Waals surface area contributed by atoms with E-state index in [4.69, 9.17) is 4.98 Å². The van der Waals surface area contributed by atoms with E-state index >= 15 is 4.39 Å². The summed E-state index contributed by atoms with van der Waals surface area (Å²) in [4.78, 5) is 38.0. The molecule has 3 aromatic carbocycles. The van der Waals surface area contributed by atoms with Crippen LogP contribution >= 0.6 is 0 Å². The van der Waals surface area contributed by atoms with Gasteiger partial charge in [-0.25, -0.2) is 14.2 Å². The van der Waals surface area contributed by atoms with Gasteiger partial charge in [-0.1, -0.05) is 24.3 Å². The Morgan fingerprint density at radius 1 is 1.03 bits per heavy atom. The smallest absolute Gasteiger partial charge is 0.335 e. The molecule has 1 atom stereocenters. The molecular formula is C30H26FN5O3. The molecule has 0 aliphatic carbocycles. The van der Waals surface area contributed by atoms with Crippen LogP contribution in [0, 0.1) is 11.7 Å². The van der Waals surface area contributed by atoms with Crippen LogP contribution in [0.1, 0.15) is 23.2 Å². The van der Waals surface area contributed by atoms with Gasteiger partial charge in [-0.05, 0) is 79.4 Å². The van der Waals surface area contributed by atoms with Crippen molar-refractivity contribution in [3.63, 3.8) is 0 Å². The first-order chi connectivity index (χ1) is 18.9. The van der Waals surface area contributed by atoms with Crippen molar-refractivity contribution in [2.45, 2.75) is 18.9 Å². The molecule has 3 fully saturated rings. The number of H-pyrrole nitrogens is 2. The van der Waals surface area contributed by atoms with E-state index in [0.717, 1.165) is 43.5 Å². The van der Waals surface area contributed by atoms with Crippen molar-refractivity contribution in [2.24, 2.45) is 5.92 Å². The van der Waals surface area contributed by atoms with E-state index in [1.165, 1.54) is 18.2 Å². The number of carbonyl (C=O) groups is 1. The van der Waals surface area contributed by atoms with Crippen molar-refractivity contribution in [1.29, 1.82) is 0 Å². The van der Waals surface area contributed by atoms with Crippen LogP contribution in [-0.4, -0.2) is 56.6 Å². The molecule has 8 nitrogen and oxygen atoms in total. The van der Waals surface area contributed by atoms with Gasteiger partial charge in [-0.2, -0.15) is 0 Å². The lowest BCUT2D eigenvalue weighted by molar-refractivity contribution is 0.0697. The lowest BCUT2D eigenvalue weighted by Crippen LogP contribution is -2.53. The van der Waals surface area contributed by atoms with Gasteiger partial charge in [-0.3, -0.25) is 4.79 Å². The Balaban J connectivity index is 1.45. The third-order valence-electron chi connectivity index (χ3n) is 8.15. The highest BCUT2D eigenvalue weighted by atomic mass is 19.1. The summed E-state index contributed by atoms with van der Waals surface area (Å²) in [5.41, 5.74) is 3.53. The molecule has 5 aromatic rings. The van der Waals surface area contributed by atoms with Crippen LogP contribution in [0.3, 0.4) is 0 Å². The normalized spacial score (nSPS) is 20.5. The molecule has 3 aliphatic heterocycles. The summed E-state index contributed by atoms with van der Waals surface area (Å²) in [7, 11) is 0. The number of nitrogens with zero attached hydrogens (tertiary/aromatic N) is 2. The first-order valence-corrected chi connectivity index (χ1v) is 13.1. The molecule has 9 heteroatoms. The second-order valence-corrected chi connectivity index (χ2v) is 10.5. The highest BCUT2D eigenvalue weighted by Gasteiger charge is 2.35. The van der Waals surface area contributed by atoms with Gasteiger partial charge in [0.15, 0.2) is 0 Å². The maximum absolute atomic E-state index is 15.6. The molecule has 2 bridgehead atoms. The van der Waals surface area contributed by atoms with Gasteiger partial charge < -0.3 is 25.3 Å².